The minimum atomic E-state index is 0.169. The number of aryl methyl sites for hydroxylation is 1. The highest BCUT2D eigenvalue weighted by Crippen LogP contribution is 2.41. The van der Waals surface area contributed by atoms with Crippen molar-refractivity contribution in [2.24, 2.45) is 23.6 Å². The van der Waals surface area contributed by atoms with Crippen molar-refractivity contribution in [2.75, 3.05) is 0 Å². The largest absolute Gasteiger partial charge is 0.271 e. The Bertz CT molecular complexity index is 433. The highest BCUT2D eigenvalue weighted by molar-refractivity contribution is 6.31. The van der Waals surface area contributed by atoms with Gasteiger partial charge in [-0.05, 0) is 54.7 Å². The number of benzene rings is 1. The van der Waals surface area contributed by atoms with Gasteiger partial charge in [-0.3, -0.25) is 11.3 Å². The molecule has 0 aromatic heterocycles. The number of halogens is 1. The molecule has 4 unspecified atom stereocenters. The van der Waals surface area contributed by atoms with Crippen LogP contribution in [-0.4, -0.2) is 0 Å². The molecule has 0 aliphatic heterocycles. The molecule has 0 amide bonds. The molecule has 4 atom stereocenters. The monoisotopic (exact) mass is 280 g/mol. The van der Waals surface area contributed by atoms with Crippen molar-refractivity contribution < 1.29 is 0 Å². The zero-order valence-electron chi connectivity index (χ0n) is 12.1. The average Bonchev–Trinajstić information content (AvgIpc) is 2.37. The molecule has 1 saturated carbocycles. The van der Waals surface area contributed by atoms with Gasteiger partial charge in [0.15, 0.2) is 0 Å². The Hall–Kier alpha value is -0.570. The van der Waals surface area contributed by atoms with Gasteiger partial charge in [-0.1, -0.05) is 44.0 Å². The van der Waals surface area contributed by atoms with Gasteiger partial charge in [0.05, 0.1) is 6.04 Å². The van der Waals surface area contributed by atoms with Crippen LogP contribution in [0.15, 0.2) is 18.2 Å². The number of nitrogens with two attached hydrogens (primary N) is 1. The van der Waals surface area contributed by atoms with Crippen molar-refractivity contribution in [3.63, 3.8) is 0 Å². The number of hydrazine groups is 1. The lowest BCUT2D eigenvalue weighted by Gasteiger charge is -2.37. The second-order valence-electron chi connectivity index (χ2n) is 6.20. The van der Waals surface area contributed by atoms with Crippen LogP contribution in [0.2, 0.25) is 5.02 Å². The maximum atomic E-state index is 6.39. The first-order valence-electron chi connectivity index (χ1n) is 7.25. The minimum Gasteiger partial charge on any atom is -0.271 e. The summed E-state index contributed by atoms with van der Waals surface area (Å²) in [5, 5.41) is 0.828. The predicted octanol–water partition coefficient (Wildman–Crippen LogP) is 4.23. The third-order valence-electron chi connectivity index (χ3n) is 4.78. The van der Waals surface area contributed by atoms with Gasteiger partial charge >= 0.3 is 0 Å². The number of hydrogen-bond acceptors (Lipinski definition) is 2. The molecule has 0 heterocycles. The minimum absolute atomic E-state index is 0.169. The molecule has 0 saturated heterocycles. The second-order valence-corrected chi connectivity index (χ2v) is 6.60. The van der Waals surface area contributed by atoms with E-state index in [0.29, 0.717) is 5.92 Å². The van der Waals surface area contributed by atoms with E-state index >= 15 is 0 Å². The van der Waals surface area contributed by atoms with Crippen molar-refractivity contribution in [2.45, 2.75) is 46.1 Å². The predicted molar refractivity (Wildman–Crippen MR) is 81.9 cm³/mol. The maximum Gasteiger partial charge on any atom is 0.0503 e. The molecule has 0 spiro atoms. The van der Waals surface area contributed by atoms with Crippen LogP contribution >= 0.6 is 11.6 Å². The van der Waals surface area contributed by atoms with Crippen LogP contribution in [0.25, 0.3) is 0 Å². The van der Waals surface area contributed by atoms with Crippen LogP contribution in [0, 0.1) is 24.7 Å². The molecular formula is C16H25ClN2. The summed E-state index contributed by atoms with van der Waals surface area (Å²) in [6, 6.07) is 6.42. The Morgan fingerprint density at radius 1 is 1.26 bits per heavy atom. The summed E-state index contributed by atoms with van der Waals surface area (Å²) in [6.07, 6.45) is 3.73. The lowest BCUT2D eigenvalue weighted by molar-refractivity contribution is 0.171. The number of rotatable bonds is 3. The Morgan fingerprint density at radius 3 is 2.58 bits per heavy atom. The Balaban J connectivity index is 2.20. The highest BCUT2D eigenvalue weighted by Gasteiger charge is 2.31. The smallest absolute Gasteiger partial charge is 0.0503 e. The quantitative estimate of drug-likeness (QED) is 0.642. The molecular weight excluding hydrogens is 256 g/mol. The standard InChI is InChI=1S/C16H25ClN2/c1-10-4-7-14(15(17)8-10)16(19-18)13-6-5-11(2)12(3)9-13/h4,7-8,11-13,16,19H,5-6,9,18H2,1-3H3. The number of nitrogens with one attached hydrogen (secondary N) is 1. The van der Waals surface area contributed by atoms with Gasteiger partial charge < -0.3 is 0 Å². The molecule has 1 aromatic rings. The van der Waals surface area contributed by atoms with Gasteiger partial charge in [0.25, 0.3) is 0 Å². The fourth-order valence-corrected chi connectivity index (χ4v) is 3.61. The second kappa shape index (κ2) is 6.25. The summed E-state index contributed by atoms with van der Waals surface area (Å²) in [7, 11) is 0. The third kappa shape index (κ3) is 3.31. The normalized spacial score (nSPS) is 29.2. The van der Waals surface area contributed by atoms with Gasteiger partial charge in [-0.2, -0.15) is 0 Å². The van der Waals surface area contributed by atoms with E-state index in [1.165, 1.54) is 24.8 Å². The Labute approximate surface area is 121 Å². The summed E-state index contributed by atoms with van der Waals surface area (Å²) in [5.74, 6) is 7.98. The topological polar surface area (TPSA) is 38.0 Å². The molecule has 0 radical (unpaired) electrons. The molecule has 3 heteroatoms. The van der Waals surface area contributed by atoms with Crippen molar-refractivity contribution >= 4 is 11.6 Å². The summed E-state index contributed by atoms with van der Waals surface area (Å²) in [4.78, 5) is 0. The Morgan fingerprint density at radius 2 is 2.00 bits per heavy atom. The van der Waals surface area contributed by atoms with Crippen LogP contribution in [0.1, 0.15) is 50.3 Å². The van der Waals surface area contributed by atoms with Gasteiger partial charge in [0.2, 0.25) is 0 Å². The number of hydrogen-bond donors (Lipinski definition) is 2. The van der Waals surface area contributed by atoms with Crippen LogP contribution < -0.4 is 11.3 Å². The summed E-state index contributed by atoms with van der Waals surface area (Å²) >= 11 is 6.39. The van der Waals surface area contributed by atoms with Crippen LogP contribution in [-0.2, 0) is 0 Å². The van der Waals surface area contributed by atoms with Crippen molar-refractivity contribution in [1.82, 2.24) is 5.43 Å². The van der Waals surface area contributed by atoms with Gasteiger partial charge in [0, 0.05) is 5.02 Å². The lowest BCUT2D eigenvalue weighted by Crippen LogP contribution is -2.37. The first-order chi connectivity index (χ1) is 9.02. The zero-order chi connectivity index (χ0) is 14.0. The molecule has 1 aromatic carbocycles. The molecule has 1 aliphatic carbocycles. The van der Waals surface area contributed by atoms with Gasteiger partial charge in [-0.15, -0.1) is 0 Å². The van der Waals surface area contributed by atoms with Gasteiger partial charge in [0.1, 0.15) is 0 Å². The van der Waals surface area contributed by atoms with Crippen LogP contribution in [0.4, 0.5) is 0 Å². The van der Waals surface area contributed by atoms with E-state index in [4.69, 9.17) is 17.4 Å². The fraction of sp³-hybridized carbons (Fsp3) is 0.625. The van der Waals surface area contributed by atoms with Crippen LogP contribution in [0.3, 0.4) is 0 Å². The fourth-order valence-electron chi connectivity index (χ4n) is 3.26. The van der Waals surface area contributed by atoms with E-state index in [1.54, 1.807) is 0 Å². The summed E-state index contributed by atoms with van der Waals surface area (Å²) in [6.45, 7) is 6.76. The van der Waals surface area contributed by atoms with Crippen molar-refractivity contribution in [1.29, 1.82) is 0 Å². The van der Waals surface area contributed by atoms with E-state index in [9.17, 15) is 0 Å². The molecule has 19 heavy (non-hydrogen) atoms. The molecule has 2 nitrogen and oxygen atoms in total. The summed E-state index contributed by atoms with van der Waals surface area (Å²) in [5.41, 5.74) is 5.33. The van der Waals surface area contributed by atoms with E-state index in [2.05, 4.69) is 38.3 Å². The lowest BCUT2D eigenvalue weighted by atomic mass is 9.72. The third-order valence-corrected chi connectivity index (χ3v) is 5.11. The zero-order valence-corrected chi connectivity index (χ0v) is 12.9. The first kappa shape index (κ1) is 14.8. The van der Waals surface area contributed by atoms with Gasteiger partial charge in [-0.25, -0.2) is 0 Å². The van der Waals surface area contributed by atoms with E-state index < -0.39 is 0 Å². The molecule has 2 rings (SSSR count). The van der Waals surface area contributed by atoms with E-state index in [0.717, 1.165) is 22.4 Å². The Kier molecular flexibility index (Phi) is 4.88. The van der Waals surface area contributed by atoms with Crippen LogP contribution in [0.5, 0.6) is 0 Å². The molecule has 106 valence electrons. The van der Waals surface area contributed by atoms with Crippen molar-refractivity contribution in [3.8, 4) is 0 Å². The molecule has 1 fully saturated rings. The first-order valence-corrected chi connectivity index (χ1v) is 7.63. The van der Waals surface area contributed by atoms with Crippen molar-refractivity contribution in [3.05, 3.63) is 34.3 Å². The maximum absolute atomic E-state index is 6.39. The highest BCUT2D eigenvalue weighted by atomic mass is 35.5. The van der Waals surface area contributed by atoms with E-state index in [1.807, 2.05) is 6.07 Å². The molecule has 3 N–H and O–H groups in total. The summed E-state index contributed by atoms with van der Waals surface area (Å²) < 4.78 is 0. The molecule has 0 bridgehead atoms. The molecule has 1 aliphatic rings. The van der Waals surface area contributed by atoms with E-state index in [-0.39, 0.29) is 6.04 Å². The SMILES string of the molecule is Cc1ccc(C(NN)C2CCC(C)C(C)C2)c(Cl)c1. The average molecular weight is 281 g/mol.